The van der Waals surface area contributed by atoms with Crippen molar-refractivity contribution in [2.45, 2.75) is 11.3 Å². The summed E-state index contributed by atoms with van der Waals surface area (Å²) in [6, 6.07) is 2.52. The molecule has 0 aliphatic rings. The van der Waals surface area contributed by atoms with Crippen LogP contribution in [0.15, 0.2) is 23.1 Å². The number of hydrogen-bond donors (Lipinski definition) is 0. The molecular formula is C11H15F2NO3S. The highest BCUT2D eigenvalue weighted by Crippen LogP contribution is 2.17. The lowest BCUT2D eigenvalue weighted by atomic mass is 10.3. The molecule has 0 N–H and O–H groups in total. The Labute approximate surface area is 105 Å². The van der Waals surface area contributed by atoms with Gasteiger partial charge in [0.05, 0.1) is 4.90 Å². The Bertz CT molecular complexity index is 505. The molecule has 0 bridgehead atoms. The van der Waals surface area contributed by atoms with Crippen molar-refractivity contribution in [3.8, 4) is 0 Å². The fourth-order valence-corrected chi connectivity index (χ4v) is 2.59. The van der Waals surface area contributed by atoms with Crippen molar-refractivity contribution >= 4 is 10.0 Å². The molecule has 0 aliphatic carbocycles. The maximum atomic E-state index is 13.0. The number of hydrogen-bond acceptors (Lipinski definition) is 3. The SMILES string of the molecule is COCCCN(C)S(=O)(=O)c1ccc(F)c(F)c1. The van der Waals surface area contributed by atoms with Crippen LogP contribution in [0.5, 0.6) is 0 Å². The van der Waals surface area contributed by atoms with Crippen LogP contribution in [0.25, 0.3) is 0 Å². The Kier molecular flexibility index (Phi) is 5.18. The standard InChI is InChI=1S/C11H15F2NO3S/c1-14(6-3-7-17-2)18(15,16)9-4-5-10(12)11(13)8-9/h4-5,8H,3,6-7H2,1-2H3. The van der Waals surface area contributed by atoms with E-state index < -0.39 is 21.7 Å². The molecule has 0 saturated heterocycles. The van der Waals surface area contributed by atoms with E-state index in [1.165, 1.54) is 14.2 Å². The number of rotatable bonds is 6. The minimum absolute atomic E-state index is 0.245. The minimum Gasteiger partial charge on any atom is -0.385 e. The third kappa shape index (κ3) is 3.47. The van der Waals surface area contributed by atoms with Gasteiger partial charge in [-0.1, -0.05) is 0 Å². The van der Waals surface area contributed by atoms with Gasteiger partial charge in [0.1, 0.15) is 0 Å². The van der Waals surface area contributed by atoms with E-state index in [1.807, 2.05) is 0 Å². The van der Waals surface area contributed by atoms with Crippen LogP contribution in [0.2, 0.25) is 0 Å². The summed E-state index contributed by atoms with van der Waals surface area (Å²) in [4.78, 5) is -0.263. The Balaban J connectivity index is 2.88. The quantitative estimate of drug-likeness (QED) is 0.743. The number of halogens is 2. The van der Waals surface area contributed by atoms with E-state index in [4.69, 9.17) is 4.74 Å². The summed E-state index contributed by atoms with van der Waals surface area (Å²) in [6.07, 6.45) is 0.524. The fraction of sp³-hybridized carbons (Fsp3) is 0.455. The highest BCUT2D eigenvalue weighted by atomic mass is 32.2. The predicted molar refractivity (Wildman–Crippen MR) is 62.7 cm³/mol. The van der Waals surface area contributed by atoms with Crippen LogP contribution in [0, 0.1) is 11.6 Å². The van der Waals surface area contributed by atoms with Gasteiger partial charge < -0.3 is 4.74 Å². The summed E-state index contributed by atoms with van der Waals surface area (Å²) in [5.74, 6) is -2.25. The van der Waals surface area contributed by atoms with Crippen molar-refractivity contribution in [2.75, 3.05) is 27.3 Å². The van der Waals surface area contributed by atoms with Crippen molar-refractivity contribution in [3.05, 3.63) is 29.8 Å². The average molecular weight is 279 g/mol. The zero-order chi connectivity index (χ0) is 13.8. The number of nitrogens with zero attached hydrogens (tertiary/aromatic N) is 1. The molecule has 1 aromatic carbocycles. The molecule has 0 aromatic heterocycles. The number of methoxy groups -OCH3 is 1. The van der Waals surface area contributed by atoms with E-state index in [0.717, 1.165) is 16.4 Å². The van der Waals surface area contributed by atoms with E-state index in [9.17, 15) is 17.2 Å². The van der Waals surface area contributed by atoms with Gasteiger partial charge >= 0.3 is 0 Å². The second-order valence-corrected chi connectivity index (χ2v) is 5.79. The second-order valence-electron chi connectivity index (χ2n) is 3.75. The third-order valence-electron chi connectivity index (χ3n) is 2.42. The smallest absolute Gasteiger partial charge is 0.242 e. The zero-order valence-corrected chi connectivity index (χ0v) is 11.0. The van der Waals surface area contributed by atoms with Crippen molar-refractivity contribution in [1.82, 2.24) is 4.31 Å². The number of sulfonamides is 1. The van der Waals surface area contributed by atoms with Gasteiger partial charge in [0.25, 0.3) is 0 Å². The first kappa shape index (κ1) is 15.0. The van der Waals surface area contributed by atoms with Gasteiger partial charge in [-0.3, -0.25) is 0 Å². The van der Waals surface area contributed by atoms with Crippen molar-refractivity contribution in [2.24, 2.45) is 0 Å². The fourth-order valence-electron chi connectivity index (χ4n) is 1.37. The lowest BCUT2D eigenvalue weighted by Gasteiger charge is -2.16. The largest absolute Gasteiger partial charge is 0.385 e. The van der Waals surface area contributed by atoms with Crippen molar-refractivity contribution in [1.29, 1.82) is 0 Å². The molecular weight excluding hydrogens is 264 g/mol. The van der Waals surface area contributed by atoms with E-state index in [2.05, 4.69) is 0 Å². The Morgan fingerprint density at radius 1 is 1.28 bits per heavy atom. The molecule has 0 heterocycles. The molecule has 4 nitrogen and oxygen atoms in total. The Morgan fingerprint density at radius 3 is 2.50 bits per heavy atom. The third-order valence-corrected chi connectivity index (χ3v) is 4.27. The lowest BCUT2D eigenvalue weighted by Crippen LogP contribution is -2.28. The van der Waals surface area contributed by atoms with Crippen molar-refractivity contribution in [3.63, 3.8) is 0 Å². The lowest BCUT2D eigenvalue weighted by molar-refractivity contribution is 0.189. The van der Waals surface area contributed by atoms with Crippen LogP contribution in [0.4, 0.5) is 8.78 Å². The van der Waals surface area contributed by atoms with E-state index in [0.29, 0.717) is 19.1 Å². The van der Waals surface area contributed by atoms with E-state index >= 15 is 0 Å². The Morgan fingerprint density at radius 2 is 1.94 bits per heavy atom. The average Bonchev–Trinajstić information content (AvgIpc) is 2.32. The van der Waals surface area contributed by atoms with E-state index in [1.54, 1.807) is 0 Å². The summed E-state index contributed by atoms with van der Waals surface area (Å²) in [6.45, 7) is 0.673. The molecule has 0 radical (unpaired) electrons. The molecule has 0 saturated carbocycles. The van der Waals surface area contributed by atoms with Crippen LogP contribution in [0.3, 0.4) is 0 Å². The molecule has 18 heavy (non-hydrogen) atoms. The summed E-state index contributed by atoms with van der Waals surface area (Å²) in [5, 5.41) is 0. The molecule has 1 rings (SSSR count). The highest BCUT2D eigenvalue weighted by molar-refractivity contribution is 7.89. The summed E-state index contributed by atoms with van der Waals surface area (Å²) in [7, 11) is -0.889. The molecule has 0 unspecified atom stereocenters. The Hall–Kier alpha value is -1.05. The van der Waals surface area contributed by atoms with Gasteiger partial charge in [-0.15, -0.1) is 0 Å². The molecule has 1 aromatic rings. The van der Waals surface area contributed by atoms with Gasteiger partial charge in [0, 0.05) is 27.3 Å². The molecule has 0 fully saturated rings. The number of benzene rings is 1. The predicted octanol–water partition coefficient (Wildman–Crippen LogP) is 1.62. The van der Waals surface area contributed by atoms with Crippen LogP contribution < -0.4 is 0 Å². The maximum Gasteiger partial charge on any atom is 0.242 e. The summed E-state index contributed by atoms with van der Waals surface area (Å²) < 4.78 is 55.6. The zero-order valence-electron chi connectivity index (χ0n) is 10.2. The highest BCUT2D eigenvalue weighted by Gasteiger charge is 2.21. The first-order valence-corrected chi connectivity index (χ1v) is 6.74. The monoisotopic (exact) mass is 279 g/mol. The van der Waals surface area contributed by atoms with Gasteiger partial charge in [-0.25, -0.2) is 21.5 Å². The summed E-state index contributed by atoms with van der Waals surface area (Å²) >= 11 is 0. The summed E-state index contributed by atoms with van der Waals surface area (Å²) in [5.41, 5.74) is 0. The normalized spacial score (nSPS) is 12.1. The molecule has 0 atom stereocenters. The van der Waals surface area contributed by atoms with Gasteiger partial charge in [0.15, 0.2) is 11.6 Å². The van der Waals surface area contributed by atoms with Gasteiger partial charge in [-0.05, 0) is 24.6 Å². The first-order chi connectivity index (χ1) is 8.39. The van der Waals surface area contributed by atoms with Crippen LogP contribution in [0.1, 0.15) is 6.42 Å². The van der Waals surface area contributed by atoms with Gasteiger partial charge in [0.2, 0.25) is 10.0 Å². The van der Waals surface area contributed by atoms with Crippen LogP contribution >= 0.6 is 0 Å². The van der Waals surface area contributed by atoms with Gasteiger partial charge in [-0.2, -0.15) is 0 Å². The molecule has 0 aliphatic heterocycles. The molecule has 0 amide bonds. The van der Waals surface area contributed by atoms with Crippen LogP contribution in [-0.4, -0.2) is 40.0 Å². The van der Waals surface area contributed by atoms with Crippen LogP contribution in [-0.2, 0) is 14.8 Å². The first-order valence-electron chi connectivity index (χ1n) is 5.30. The maximum absolute atomic E-state index is 13.0. The molecule has 102 valence electrons. The molecule has 7 heteroatoms. The number of ether oxygens (including phenoxy) is 1. The topological polar surface area (TPSA) is 46.6 Å². The molecule has 0 spiro atoms. The van der Waals surface area contributed by atoms with E-state index in [-0.39, 0.29) is 11.4 Å². The minimum atomic E-state index is -3.79. The second kappa shape index (κ2) is 6.21. The van der Waals surface area contributed by atoms with Crippen molar-refractivity contribution < 1.29 is 21.9 Å².